The molecule has 0 aliphatic carbocycles. The van der Waals surface area contributed by atoms with Crippen molar-refractivity contribution in [2.24, 2.45) is 0 Å². The number of cyclic esters (lactones) is 1. The van der Waals surface area contributed by atoms with Crippen LogP contribution in [0.15, 0.2) is 48.5 Å². The van der Waals surface area contributed by atoms with Crippen LogP contribution in [-0.4, -0.2) is 25.2 Å². The number of carbonyl (C=O) groups excluding carboxylic acids is 2. The molecule has 2 aromatic rings. The Kier molecular flexibility index (Phi) is 5.60. The Labute approximate surface area is 163 Å². The SMILES string of the molecule is O=C(/C=C/c1cc(C(F)(F)F)ccc1Cl)Nc1ccccc1N1CCOC1=O. The molecule has 1 aliphatic rings. The first-order valence-corrected chi connectivity index (χ1v) is 8.52. The van der Waals surface area contributed by atoms with Crippen molar-refractivity contribution in [1.82, 2.24) is 0 Å². The molecule has 146 valence electrons. The van der Waals surface area contributed by atoms with Gasteiger partial charge in [-0.15, -0.1) is 0 Å². The number of amides is 2. The summed E-state index contributed by atoms with van der Waals surface area (Å²) in [7, 11) is 0. The highest BCUT2D eigenvalue weighted by Crippen LogP contribution is 2.32. The average molecular weight is 411 g/mol. The monoisotopic (exact) mass is 410 g/mol. The van der Waals surface area contributed by atoms with Gasteiger partial charge in [-0.25, -0.2) is 4.79 Å². The highest BCUT2D eigenvalue weighted by atomic mass is 35.5. The van der Waals surface area contributed by atoms with Gasteiger partial charge in [0.2, 0.25) is 5.91 Å². The van der Waals surface area contributed by atoms with E-state index in [1.807, 2.05) is 0 Å². The van der Waals surface area contributed by atoms with Crippen molar-refractivity contribution < 1.29 is 27.5 Å². The molecule has 0 saturated carbocycles. The quantitative estimate of drug-likeness (QED) is 0.724. The van der Waals surface area contributed by atoms with E-state index in [0.29, 0.717) is 17.9 Å². The topological polar surface area (TPSA) is 58.6 Å². The lowest BCUT2D eigenvalue weighted by Gasteiger charge is -2.17. The second-order valence-electron chi connectivity index (χ2n) is 5.84. The second kappa shape index (κ2) is 7.93. The van der Waals surface area contributed by atoms with Crippen LogP contribution in [0.2, 0.25) is 5.02 Å². The van der Waals surface area contributed by atoms with E-state index in [-0.39, 0.29) is 17.2 Å². The van der Waals surface area contributed by atoms with Gasteiger partial charge in [0.1, 0.15) is 6.61 Å². The van der Waals surface area contributed by atoms with E-state index in [1.54, 1.807) is 24.3 Å². The lowest BCUT2D eigenvalue weighted by Crippen LogP contribution is -2.25. The molecule has 2 aromatic carbocycles. The minimum atomic E-state index is -4.52. The van der Waals surface area contributed by atoms with Crippen molar-refractivity contribution in [2.45, 2.75) is 6.18 Å². The number of halogens is 4. The largest absolute Gasteiger partial charge is 0.447 e. The lowest BCUT2D eigenvalue weighted by atomic mass is 10.1. The van der Waals surface area contributed by atoms with Gasteiger partial charge in [0, 0.05) is 11.1 Å². The third-order valence-electron chi connectivity index (χ3n) is 3.95. The normalized spacial score (nSPS) is 14.4. The van der Waals surface area contributed by atoms with Gasteiger partial charge >= 0.3 is 12.3 Å². The van der Waals surface area contributed by atoms with Gasteiger partial charge in [-0.2, -0.15) is 13.2 Å². The Morgan fingerprint density at radius 1 is 1.21 bits per heavy atom. The minimum Gasteiger partial charge on any atom is -0.447 e. The molecule has 0 radical (unpaired) electrons. The fourth-order valence-electron chi connectivity index (χ4n) is 2.61. The highest BCUT2D eigenvalue weighted by molar-refractivity contribution is 6.32. The molecule has 3 rings (SSSR count). The van der Waals surface area contributed by atoms with Gasteiger partial charge in [0.05, 0.1) is 23.5 Å². The zero-order valence-corrected chi connectivity index (χ0v) is 15.1. The number of benzene rings is 2. The Bertz CT molecular complexity index is 944. The third kappa shape index (κ3) is 4.45. The van der Waals surface area contributed by atoms with E-state index in [9.17, 15) is 22.8 Å². The molecule has 0 spiro atoms. The first kappa shape index (κ1) is 19.8. The molecule has 5 nitrogen and oxygen atoms in total. The number of nitrogens with one attached hydrogen (secondary N) is 1. The Hall–Kier alpha value is -3.00. The second-order valence-corrected chi connectivity index (χ2v) is 6.25. The highest BCUT2D eigenvalue weighted by Gasteiger charge is 2.30. The van der Waals surface area contributed by atoms with Gasteiger partial charge in [-0.3, -0.25) is 9.69 Å². The smallest absolute Gasteiger partial charge is 0.416 e. The van der Waals surface area contributed by atoms with Crippen LogP contribution in [0.1, 0.15) is 11.1 Å². The van der Waals surface area contributed by atoms with Crippen LogP contribution >= 0.6 is 11.6 Å². The van der Waals surface area contributed by atoms with E-state index < -0.39 is 23.7 Å². The summed E-state index contributed by atoms with van der Waals surface area (Å²) < 4.78 is 43.4. The van der Waals surface area contributed by atoms with Crippen LogP contribution in [0.5, 0.6) is 0 Å². The molecule has 2 amide bonds. The van der Waals surface area contributed by atoms with Gasteiger partial charge in [-0.05, 0) is 42.0 Å². The maximum atomic E-state index is 12.8. The Morgan fingerprint density at radius 2 is 1.96 bits per heavy atom. The van der Waals surface area contributed by atoms with Crippen LogP contribution in [-0.2, 0) is 15.7 Å². The van der Waals surface area contributed by atoms with E-state index in [0.717, 1.165) is 24.3 Å². The molecule has 0 unspecified atom stereocenters. The molecule has 1 saturated heterocycles. The van der Waals surface area contributed by atoms with Crippen molar-refractivity contribution in [2.75, 3.05) is 23.4 Å². The molecule has 0 atom stereocenters. The van der Waals surface area contributed by atoms with Crippen LogP contribution in [0.3, 0.4) is 0 Å². The number of hydrogen-bond donors (Lipinski definition) is 1. The van der Waals surface area contributed by atoms with Crippen molar-refractivity contribution in [3.05, 3.63) is 64.7 Å². The summed E-state index contributed by atoms with van der Waals surface area (Å²) in [5.41, 5.74) is 0.0212. The number of rotatable bonds is 4. The van der Waals surface area contributed by atoms with Crippen LogP contribution < -0.4 is 10.2 Å². The van der Waals surface area contributed by atoms with E-state index in [1.165, 1.54) is 11.0 Å². The van der Waals surface area contributed by atoms with Gasteiger partial charge in [0.25, 0.3) is 0 Å². The number of para-hydroxylation sites is 2. The molecule has 1 fully saturated rings. The minimum absolute atomic E-state index is 0.0584. The zero-order chi connectivity index (χ0) is 20.3. The summed E-state index contributed by atoms with van der Waals surface area (Å²) in [6, 6.07) is 9.48. The molecule has 1 aliphatic heterocycles. The number of carbonyl (C=O) groups is 2. The van der Waals surface area contributed by atoms with Crippen molar-refractivity contribution in [3.8, 4) is 0 Å². The van der Waals surface area contributed by atoms with E-state index in [2.05, 4.69) is 5.32 Å². The Balaban J connectivity index is 1.78. The Morgan fingerprint density at radius 3 is 2.64 bits per heavy atom. The van der Waals surface area contributed by atoms with Crippen LogP contribution in [0, 0.1) is 0 Å². The first-order chi connectivity index (χ1) is 13.3. The van der Waals surface area contributed by atoms with Crippen molar-refractivity contribution in [1.29, 1.82) is 0 Å². The lowest BCUT2D eigenvalue weighted by molar-refractivity contribution is -0.137. The molecule has 28 heavy (non-hydrogen) atoms. The van der Waals surface area contributed by atoms with E-state index in [4.69, 9.17) is 16.3 Å². The number of hydrogen-bond acceptors (Lipinski definition) is 3. The predicted octanol–water partition coefficient (Wildman–Crippen LogP) is 4.97. The third-order valence-corrected chi connectivity index (χ3v) is 4.30. The standard InChI is InChI=1S/C19H14ClF3N2O3/c20-14-7-6-13(19(21,22)23)11-12(14)5-8-17(26)24-15-3-1-2-4-16(15)25-9-10-28-18(25)27/h1-8,11H,9-10H2,(H,24,26)/b8-5+. The summed E-state index contributed by atoms with van der Waals surface area (Å²) in [6.07, 6.45) is -2.77. The molecule has 0 bridgehead atoms. The van der Waals surface area contributed by atoms with Crippen LogP contribution in [0.4, 0.5) is 29.3 Å². The fraction of sp³-hybridized carbons (Fsp3) is 0.158. The molecule has 1 heterocycles. The molecule has 1 N–H and O–H groups in total. The first-order valence-electron chi connectivity index (χ1n) is 8.15. The summed E-state index contributed by atoms with van der Waals surface area (Å²) >= 11 is 5.91. The zero-order valence-electron chi connectivity index (χ0n) is 14.3. The molecule has 0 aromatic heterocycles. The predicted molar refractivity (Wildman–Crippen MR) is 99.3 cm³/mol. The maximum absolute atomic E-state index is 12.8. The summed E-state index contributed by atoms with van der Waals surface area (Å²) in [4.78, 5) is 25.4. The number of ether oxygens (including phenoxy) is 1. The molecule has 9 heteroatoms. The molecular weight excluding hydrogens is 397 g/mol. The average Bonchev–Trinajstić information content (AvgIpc) is 3.06. The summed E-state index contributed by atoms with van der Waals surface area (Å²) in [6.45, 7) is 0.594. The summed E-state index contributed by atoms with van der Waals surface area (Å²) in [5, 5.41) is 2.68. The molecular formula is C19H14ClF3N2O3. The van der Waals surface area contributed by atoms with Gasteiger partial charge in [0.15, 0.2) is 0 Å². The number of anilines is 2. The number of nitrogens with zero attached hydrogens (tertiary/aromatic N) is 1. The van der Waals surface area contributed by atoms with Gasteiger partial charge < -0.3 is 10.1 Å². The van der Waals surface area contributed by atoms with E-state index >= 15 is 0 Å². The summed E-state index contributed by atoms with van der Waals surface area (Å²) in [5.74, 6) is -0.589. The van der Waals surface area contributed by atoms with Crippen molar-refractivity contribution >= 4 is 41.1 Å². The maximum Gasteiger partial charge on any atom is 0.416 e. The van der Waals surface area contributed by atoms with Gasteiger partial charge in [-0.1, -0.05) is 23.7 Å². The van der Waals surface area contributed by atoms with Crippen molar-refractivity contribution in [3.63, 3.8) is 0 Å². The number of alkyl halides is 3. The van der Waals surface area contributed by atoms with Crippen LogP contribution in [0.25, 0.3) is 6.08 Å². The fourth-order valence-corrected chi connectivity index (χ4v) is 2.80.